The first-order chi connectivity index (χ1) is 3.98. The number of carboxylic acids is 1. The van der Waals surface area contributed by atoms with Crippen molar-refractivity contribution in [3.63, 3.8) is 0 Å². The molecular weight excluding hydrogens is 120 g/mol. The van der Waals surface area contributed by atoms with Gasteiger partial charge in [0.05, 0.1) is 12.0 Å². The zero-order valence-electron chi connectivity index (χ0n) is 5.72. The van der Waals surface area contributed by atoms with Crippen molar-refractivity contribution in [2.75, 3.05) is 0 Å². The minimum absolute atomic E-state index is 0.177. The molecule has 0 rings (SSSR count). The average molecular weight is 132 g/mol. The van der Waals surface area contributed by atoms with Crippen LogP contribution in [0.5, 0.6) is 0 Å². The van der Waals surface area contributed by atoms with Gasteiger partial charge in [-0.05, 0) is 13.3 Å². The van der Waals surface area contributed by atoms with E-state index in [0.717, 1.165) is 0 Å². The number of rotatable bonds is 3. The Labute approximate surface area is 54.3 Å². The fourth-order valence-electron chi connectivity index (χ4n) is 0.451. The van der Waals surface area contributed by atoms with Gasteiger partial charge < -0.3 is 10.2 Å². The number of aliphatic carboxylic acids is 1. The van der Waals surface area contributed by atoms with Gasteiger partial charge in [-0.15, -0.1) is 0 Å². The van der Waals surface area contributed by atoms with Crippen molar-refractivity contribution in [3.8, 4) is 0 Å². The molecule has 0 unspecified atom stereocenters. The summed E-state index contributed by atoms with van der Waals surface area (Å²) in [5.41, 5.74) is -1.04. The second-order valence-electron chi connectivity index (χ2n) is 2.42. The number of hydrogen-bond donors (Lipinski definition) is 2. The molecule has 9 heavy (non-hydrogen) atoms. The van der Waals surface area contributed by atoms with Crippen molar-refractivity contribution in [1.29, 1.82) is 0 Å². The standard InChI is InChI=1S/C6H12O3/c1-3-6(2,9)4-5(7)8/h9H,3-4H2,1-2H3,(H,7,8)/t6-/m1/s1. The summed E-state index contributed by atoms with van der Waals surface area (Å²) in [4.78, 5) is 10.0. The minimum atomic E-state index is -1.04. The lowest BCUT2D eigenvalue weighted by molar-refractivity contribution is -0.141. The van der Waals surface area contributed by atoms with E-state index in [2.05, 4.69) is 0 Å². The largest absolute Gasteiger partial charge is 0.481 e. The van der Waals surface area contributed by atoms with Crippen LogP contribution in [0.2, 0.25) is 0 Å². The van der Waals surface area contributed by atoms with Gasteiger partial charge >= 0.3 is 5.97 Å². The molecule has 0 saturated carbocycles. The molecule has 0 aliphatic rings. The monoisotopic (exact) mass is 132 g/mol. The molecule has 0 aliphatic carbocycles. The zero-order chi connectivity index (χ0) is 7.49. The highest BCUT2D eigenvalue weighted by molar-refractivity contribution is 5.67. The molecule has 0 heterocycles. The highest BCUT2D eigenvalue weighted by Gasteiger charge is 2.20. The minimum Gasteiger partial charge on any atom is -0.481 e. The topological polar surface area (TPSA) is 57.5 Å². The SMILES string of the molecule is CC[C@@](C)(O)CC(=O)O. The van der Waals surface area contributed by atoms with Gasteiger partial charge in [-0.1, -0.05) is 6.92 Å². The highest BCUT2D eigenvalue weighted by atomic mass is 16.4. The first-order valence-corrected chi connectivity index (χ1v) is 2.92. The van der Waals surface area contributed by atoms with Crippen LogP contribution in [0.3, 0.4) is 0 Å². The van der Waals surface area contributed by atoms with Crippen LogP contribution in [0, 0.1) is 0 Å². The summed E-state index contributed by atoms with van der Waals surface area (Å²) < 4.78 is 0. The summed E-state index contributed by atoms with van der Waals surface area (Å²) >= 11 is 0. The summed E-state index contributed by atoms with van der Waals surface area (Å²) in [6.07, 6.45) is 0.294. The molecular formula is C6H12O3. The molecule has 0 saturated heterocycles. The quantitative estimate of drug-likeness (QED) is 0.592. The predicted octanol–water partition coefficient (Wildman–Crippen LogP) is 0.622. The summed E-state index contributed by atoms with van der Waals surface area (Å²) in [6.45, 7) is 3.27. The molecule has 0 aromatic heterocycles. The number of carbonyl (C=O) groups is 1. The Balaban J connectivity index is 3.71. The lowest BCUT2D eigenvalue weighted by Crippen LogP contribution is -2.26. The van der Waals surface area contributed by atoms with E-state index in [9.17, 15) is 4.79 Å². The Morgan fingerprint density at radius 3 is 2.22 bits per heavy atom. The zero-order valence-corrected chi connectivity index (χ0v) is 5.72. The van der Waals surface area contributed by atoms with E-state index in [1.807, 2.05) is 0 Å². The summed E-state index contributed by atoms with van der Waals surface area (Å²) in [6, 6.07) is 0. The molecule has 0 radical (unpaired) electrons. The first-order valence-electron chi connectivity index (χ1n) is 2.92. The van der Waals surface area contributed by atoms with Crippen LogP contribution >= 0.6 is 0 Å². The van der Waals surface area contributed by atoms with E-state index in [4.69, 9.17) is 10.2 Å². The van der Waals surface area contributed by atoms with Gasteiger partial charge in [0.1, 0.15) is 0 Å². The molecule has 0 bridgehead atoms. The third-order valence-electron chi connectivity index (χ3n) is 1.29. The van der Waals surface area contributed by atoms with E-state index in [0.29, 0.717) is 6.42 Å². The van der Waals surface area contributed by atoms with Crippen LogP contribution in [0.25, 0.3) is 0 Å². The summed E-state index contributed by atoms with van der Waals surface area (Å²) in [5.74, 6) is -0.957. The predicted molar refractivity (Wildman–Crippen MR) is 33.2 cm³/mol. The molecule has 0 aliphatic heterocycles. The van der Waals surface area contributed by atoms with Gasteiger partial charge in [0.15, 0.2) is 0 Å². The number of hydrogen-bond acceptors (Lipinski definition) is 2. The maximum absolute atomic E-state index is 10.0. The molecule has 3 heteroatoms. The second-order valence-corrected chi connectivity index (χ2v) is 2.42. The van der Waals surface area contributed by atoms with Crippen molar-refractivity contribution in [3.05, 3.63) is 0 Å². The van der Waals surface area contributed by atoms with E-state index in [1.54, 1.807) is 6.92 Å². The van der Waals surface area contributed by atoms with E-state index >= 15 is 0 Å². The van der Waals surface area contributed by atoms with Gasteiger partial charge in [-0.3, -0.25) is 4.79 Å². The molecule has 0 spiro atoms. The molecule has 0 amide bonds. The van der Waals surface area contributed by atoms with Crippen molar-refractivity contribution in [2.45, 2.75) is 32.3 Å². The van der Waals surface area contributed by atoms with Gasteiger partial charge in [-0.25, -0.2) is 0 Å². The van der Waals surface area contributed by atoms with E-state index in [-0.39, 0.29) is 6.42 Å². The smallest absolute Gasteiger partial charge is 0.306 e. The average Bonchev–Trinajstić information content (AvgIpc) is 1.63. The maximum Gasteiger partial charge on any atom is 0.306 e. The van der Waals surface area contributed by atoms with E-state index < -0.39 is 11.6 Å². The van der Waals surface area contributed by atoms with Crippen molar-refractivity contribution >= 4 is 5.97 Å². The maximum atomic E-state index is 10.0. The van der Waals surface area contributed by atoms with Crippen molar-refractivity contribution < 1.29 is 15.0 Å². The third kappa shape index (κ3) is 3.97. The van der Waals surface area contributed by atoms with Crippen LogP contribution < -0.4 is 0 Å². The van der Waals surface area contributed by atoms with Crippen LogP contribution in [0.15, 0.2) is 0 Å². The molecule has 0 aromatic rings. The number of carboxylic acid groups (broad SMARTS) is 1. The first kappa shape index (κ1) is 8.43. The van der Waals surface area contributed by atoms with Crippen molar-refractivity contribution in [1.82, 2.24) is 0 Å². The highest BCUT2D eigenvalue weighted by Crippen LogP contribution is 2.12. The van der Waals surface area contributed by atoms with E-state index in [1.165, 1.54) is 6.92 Å². The van der Waals surface area contributed by atoms with Crippen molar-refractivity contribution in [2.24, 2.45) is 0 Å². The normalized spacial score (nSPS) is 16.8. The summed E-state index contributed by atoms with van der Waals surface area (Å²) in [7, 11) is 0. The Hall–Kier alpha value is -0.570. The molecule has 1 atom stereocenters. The van der Waals surface area contributed by atoms with Crippen LogP contribution in [-0.2, 0) is 4.79 Å². The van der Waals surface area contributed by atoms with Gasteiger partial charge in [0, 0.05) is 0 Å². The lowest BCUT2D eigenvalue weighted by atomic mass is 10.00. The molecule has 0 fully saturated rings. The third-order valence-corrected chi connectivity index (χ3v) is 1.29. The molecule has 3 nitrogen and oxygen atoms in total. The Kier molecular flexibility index (Phi) is 2.65. The molecule has 0 aromatic carbocycles. The Morgan fingerprint density at radius 2 is 2.11 bits per heavy atom. The fraction of sp³-hybridized carbons (Fsp3) is 0.833. The van der Waals surface area contributed by atoms with Crippen LogP contribution in [0.4, 0.5) is 0 Å². The van der Waals surface area contributed by atoms with Gasteiger partial charge in [-0.2, -0.15) is 0 Å². The van der Waals surface area contributed by atoms with Gasteiger partial charge in [0.2, 0.25) is 0 Å². The van der Waals surface area contributed by atoms with Gasteiger partial charge in [0.25, 0.3) is 0 Å². The van der Waals surface area contributed by atoms with Crippen LogP contribution in [-0.4, -0.2) is 21.8 Å². The number of aliphatic hydroxyl groups is 1. The second kappa shape index (κ2) is 2.82. The fourth-order valence-corrected chi connectivity index (χ4v) is 0.451. The molecule has 54 valence electrons. The lowest BCUT2D eigenvalue weighted by Gasteiger charge is -2.17. The Morgan fingerprint density at radius 1 is 1.67 bits per heavy atom. The summed E-state index contributed by atoms with van der Waals surface area (Å²) in [5, 5.41) is 17.3. The van der Waals surface area contributed by atoms with Crippen LogP contribution in [0.1, 0.15) is 26.7 Å². The Bertz CT molecular complexity index is 107. The molecule has 2 N–H and O–H groups in total.